The first-order valence-corrected chi connectivity index (χ1v) is 8.51. The van der Waals surface area contributed by atoms with Crippen LogP contribution in [-0.4, -0.2) is 35.3 Å². The summed E-state index contributed by atoms with van der Waals surface area (Å²) in [7, 11) is 0. The molecule has 2 rings (SSSR count). The van der Waals surface area contributed by atoms with Crippen molar-refractivity contribution >= 4 is 11.8 Å². The number of rotatable bonds is 3. The van der Waals surface area contributed by atoms with Gasteiger partial charge < -0.3 is 10.2 Å². The van der Waals surface area contributed by atoms with Gasteiger partial charge in [-0.05, 0) is 37.0 Å². The largest absolute Gasteiger partial charge is 0.352 e. The van der Waals surface area contributed by atoms with E-state index in [9.17, 15) is 14.0 Å². The van der Waals surface area contributed by atoms with Gasteiger partial charge in [-0.2, -0.15) is 0 Å². The number of halogens is 1. The average molecular weight is 334 g/mol. The van der Waals surface area contributed by atoms with Gasteiger partial charge in [0.15, 0.2) is 0 Å². The molecule has 0 spiro atoms. The Balaban J connectivity index is 2.30. The van der Waals surface area contributed by atoms with E-state index in [0.29, 0.717) is 13.0 Å². The van der Waals surface area contributed by atoms with Crippen LogP contribution in [0.2, 0.25) is 0 Å². The van der Waals surface area contributed by atoms with Crippen molar-refractivity contribution in [1.29, 1.82) is 0 Å². The lowest BCUT2D eigenvalue weighted by atomic mass is 9.86. The molecule has 0 bridgehead atoms. The molecule has 2 atom stereocenters. The van der Waals surface area contributed by atoms with E-state index in [1.807, 2.05) is 31.7 Å². The Morgan fingerprint density at radius 3 is 2.62 bits per heavy atom. The van der Waals surface area contributed by atoms with Crippen LogP contribution < -0.4 is 5.32 Å². The van der Waals surface area contributed by atoms with Crippen LogP contribution in [0.3, 0.4) is 0 Å². The Hall–Kier alpha value is -1.91. The van der Waals surface area contributed by atoms with Gasteiger partial charge in [-0.3, -0.25) is 9.59 Å². The van der Waals surface area contributed by atoms with Gasteiger partial charge in [-0.1, -0.05) is 32.9 Å². The summed E-state index contributed by atoms with van der Waals surface area (Å²) >= 11 is 0. The van der Waals surface area contributed by atoms with Gasteiger partial charge in [0.2, 0.25) is 11.8 Å². The van der Waals surface area contributed by atoms with E-state index in [1.165, 1.54) is 19.1 Å². The fourth-order valence-corrected chi connectivity index (χ4v) is 3.33. The summed E-state index contributed by atoms with van der Waals surface area (Å²) in [6.45, 7) is 7.86. The van der Waals surface area contributed by atoms with Crippen molar-refractivity contribution < 1.29 is 14.0 Å². The van der Waals surface area contributed by atoms with Crippen molar-refractivity contribution in [2.45, 2.75) is 59.0 Å². The van der Waals surface area contributed by atoms with E-state index >= 15 is 0 Å². The molecule has 4 nitrogen and oxygen atoms in total. The maximum atomic E-state index is 13.5. The van der Waals surface area contributed by atoms with E-state index < -0.39 is 5.41 Å². The molecule has 0 radical (unpaired) electrons. The van der Waals surface area contributed by atoms with Gasteiger partial charge in [0.1, 0.15) is 5.82 Å². The zero-order valence-electron chi connectivity index (χ0n) is 14.9. The number of carbonyl (C=O) groups excluding carboxylic acids is 2. The lowest BCUT2D eigenvalue weighted by Crippen LogP contribution is -2.59. The number of piperidine rings is 1. The number of hydrogen-bond acceptors (Lipinski definition) is 2. The molecule has 0 unspecified atom stereocenters. The predicted molar refractivity (Wildman–Crippen MR) is 91.9 cm³/mol. The average Bonchev–Trinajstić information content (AvgIpc) is 2.47. The summed E-state index contributed by atoms with van der Waals surface area (Å²) < 4.78 is 13.5. The summed E-state index contributed by atoms with van der Waals surface area (Å²) in [5.74, 6) is -0.318. The van der Waals surface area contributed by atoms with E-state index in [0.717, 1.165) is 18.4 Å². The highest BCUT2D eigenvalue weighted by Crippen LogP contribution is 2.27. The van der Waals surface area contributed by atoms with E-state index in [1.54, 1.807) is 6.07 Å². The maximum Gasteiger partial charge on any atom is 0.228 e. The highest BCUT2D eigenvalue weighted by atomic mass is 19.1. The molecule has 1 saturated heterocycles. The lowest BCUT2D eigenvalue weighted by Gasteiger charge is -2.44. The molecule has 2 amide bonds. The molecule has 0 aliphatic carbocycles. The first-order chi connectivity index (χ1) is 11.2. The van der Waals surface area contributed by atoms with Crippen LogP contribution in [0.25, 0.3) is 0 Å². The van der Waals surface area contributed by atoms with Crippen molar-refractivity contribution in [3.05, 3.63) is 35.6 Å². The minimum Gasteiger partial charge on any atom is -0.352 e. The van der Waals surface area contributed by atoms with Gasteiger partial charge in [0.05, 0.1) is 6.04 Å². The molecule has 5 heteroatoms. The zero-order chi connectivity index (χ0) is 17.9. The quantitative estimate of drug-likeness (QED) is 0.924. The Labute approximate surface area is 143 Å². The Kier molecular flexibility index (Phi) is 5.62. The van der Waals surface area contributed by atoms with E-state index in [-0.39, 0.29) is 29.7 Å². The van der Waals surface area contributed by atoms with Crippen LogP contribution in [0.4, 0.5) is 4.39 Å². The fourth-order valence-electron chi connectivity index (χ4n) is 3.33. The number of nitrogens with one attached hydrogen (secondary N) is 1. The first kappa shape index (κ1) is 18.4. The zero-order valence-corrected chi connectivity index (χ0v) is 14.9. The second-order valence-electron chi connectivity index (χ2n) is 7.60. The Morgan fingerprint density at radius 1 is 1.33 bits per heavy atom. The molecule has 1 heterocycles. The SMILES string of the molecule is CC(=O)N[C@H]1CCCN(C(=O)C(C)(C)C)[C@H]1Cc1cccc(F)c1. The summed E-state index contributed by atoms with van der Waals surface area (Å²) in [6.07, 6.45) is 2.21. The van der Waals surface area contributed by atoms with E-state index in [4.69, 9.17) is 0 Å². The predicted octanol–water partition coefficient (Wildman–Crippen LogP) is 2.91. The smallest absolute Gasteiger partial charge is 0.228 e. The van der Waals surface area contributed by atoms with Crippen LogP contribution in [-0.2, 0) is 16.0 Å². The number of hydrogen-bond donors (Lipinski definition) is 1. The molecule has 1 fully saturated rings. The molecule has 1 aromatic carbocycles. The number of likely N-dealkylation sites (tertiary alicyclic amines) is 1. The summed E-state index contributed by atoms with van der Waals surface area (Å²) in [5.41, 5.74) is 0.349. The summed E-state index contributed by atoms with van der Waals surface area (Å²) in [6, 6.07) is 6.19. The van der Waals surface area contributed by atoms with Crippen LogP contribution in [0.15, 0.2) is 24.3 Å². The van der Waals surface area contributed by atoms with Crippen LogP contribution >= 0.6 is 0 Å². The van der Waals surface area contributed by atoms with Crippen molar-refractivity contribution in [1.82, 2.24) is 10.2 Å². The molecule has 1 aromatic rings. The standard InChI is InChI=1S/C19H27FN2O2/c1-13(23)21-16-9-6-10-22(18(24)19(2,3)4)17(16)12-14-7-5-8-15(20)11-14/h5,7-8,11,16-17H,6,9-10,12H2,1-4H3,(H,21,23)/t16-,17-/m0/s1. The highest BCUT2D eigenvalue weighted by Gasteiger charge is 2.38. The molecule has 0 aromatic heterocycles. The van der Waals surface area contributed by atoms with Gasteiger partial charge in [-0.25, -0.2) is 4.39 Å². The second-order valence-corrected chi connectivity index (χ2v) is 7.60. The summed E-state index contributed by atoms with van der Waals surface area (Å²) in [4.78, 5) is 26.3. The summed E-state index contributed by atoms with van der Waals surface area (Å²) in [5, 5.41) is 2.98. The highest BCUT2D eigenvalue weighted by molar-refractivity contribution is 5.82. The van der Waals surface area contributed by atoms with Gasteiger partial charge in [0.25, 0.3) is 0 Å². The molecular weight excluding hydrogens is 307 g/mol. The fraction of sp³-hybridized carbons (Fsp3) is 0.579. The minimum absolute atomic E-state index is 0.0685. The molecule has 132 valence electrons. The van der Waals surface area contributed by atoms with Crippen LogP contribution in [0, 0.1) is 11.2 Å². The Morgan fingerprint density at radius 2 is 2.04 bits per heavy atom. The lowest BCUT2D eigenvalue weighted by molar-refractivity contribution is -0.144. The number of amides is 2. The van der Waals surface area contributed by atoms with Gasteiger partial charge in [-0.15, -0.1) is 0 Å². The normalized spacial score (nSPS) is 21.5. The van der Waals surface area contributed by atoms with E-state index in [2.05, 4.69) is 5.32 Å². The van der Waals surface area contributed by atoms with Gasteiger partial charge >= 0.3 is 0 Å². The monoisotopic (exact) mass is 334 g/mol. The minimum atomic E-state index is -0.488. The molecule has 1 aliphatic rings. The van der Waals surface area contributed by atoms with Crippen molar-refractivity contribution in [3.8, 4) is 0 Å². The number of carbonyl (C=O) groups is 2. The van der Waals surface area contributed by atoms with Crippen molar-refractivity contribution in [2.24, 2.45) is 5.41 Å². The third-order valence-electron chi connectivity index (χ3n) is 4.40. The maximum absolute atomic E-state index is 13.5. The van der Waals surface area contributed by atoms with Crippen molar-refractivity contribution in [3.63, 3.8) is 0 Å². The second kappa shape index (κ2) is 7.32. The molecule has 0 saturated carbocycles. The topological polar surface area (TPSA) is 49.4 Å². The van der Waals surface area contributed by atoms with Crippen LogP contribution in [0.1, 0.15) is 46.1 Å². The van der Waals surface area contributed by atoms with Crippen LogP contribution in [0.5, 0.6) is 0 Å². The Bertz CT molecular complexity index is 610. The van der Waals surface area contributed by atoms with Gasteiger partial charge in [0, 0.05) is 24.9 Å². The molecule has 1 N–H and O–H groups in total. The molecular formula is C19H27FN2O2. The number of nitrogens with zero attached hydrogens (tertiary/aromatic N) is 1. The molecule has 1 aliphatic heterocycles. The number of benzene rings is 1. The first-order valence-electron chi connectivity index (χ1n) is 8.51. The molecule has 24 heavy (non-hydrogen) atoms. The third-order valence-corrected chi connectivity index (χ3v) is 4.40. The van der Waals surface area contributed by atoms with Crippen molar-refractivity contribution in [2.75, 3.05) is 6.54 Å². The third kappa shape index (κ3) is 4.56.